The highest BCUT2D eigenvalue weighted by atomic mass is 14.7. The highest BCUT2D eigenvalue weighted by Crippen LogP contribution is 2.22. The van der Waals surface area contributed by atoms with E-state index in [1.165, 1.54) is 12.8 Å². The Bertz CT molecular complexity index is 150. The lowest BCUT2D eigenvalue weighted by Gasteiger charge is -2.16. The molecule has 0 atom stereocenters. The van der Waals surface area contributed by atoms with Crippen molar-refractivity contribution in [3.63, 3.8) is 0 Å². The summed E-state index contributed by atoms with van der Waals surface area (Å²) in [6.07, 6.45) is 4.50. The lowest BCUT2D eigenvalue weighted by Crippen LogP contribution is -2.06. The third-order valence-corrected chi connectivity index (χ3v) is 1.60. The normalized spacial score (nSPS) is 10.5. The van der Waals surface area contributed by atoms with Crippen LogP contribution in [-0.4, -0.2) is 12.4 Å². The summed E-state index contributed by atoms with van der Waals surface area (Å²) in [7, 11) is 0. The molecule has 0 radical (unpaired) electrons. The number of hydrogen-bond donors (Lipinski definition) is 0. The minimum atomic E-state index is 0.271. The van der Waals surface area contributed by atoms with Gasteiger partial charge in [0, 0.05) is 6.54 Å². The van der Waals surface area contributed by atoms with Gasteiger partial charge in [-0.3, -0.25) is 0 Å². The quantitative estimate of drug-likeness (QED) is 0.550. The second kappa shape index (κ2) is 5.15. The molecule has 0 aliphatic rings. The van der Waals surface area contributed by atoms with Crippen molar-refractivity contribution in [2.45, 2.75) is 40.5 Å². The van der Waals surface area contributed by atoms with Crippen LogP contribution >= 0.6 is 0 Å². The van der Waals surface area contributed by atoms with Crippen LogP contribution in [0, 0.1) is 5.41 Å². The molecule has 0 bridgehead atoms. The van der Waals surface area contributed by atoms with E-state index in [1.807, 2.05) is 6.92 Å². The maximum atomic E-state index is 4.03. The van der Waals surface area contributed by atoms with E-state index in [1.54, 1.807) is 0 Å². The number of rotatable bonds is 4. The molecule has 0 N–H and O–H groups in total. The first-order valence-electron chi connectivity index (χ1n) is 4.38. The monoisotopic (exact) mass is 153 g/mol. The molecule has 0 aromatic carbocycles. The van der Waals surface area contributed by atoms with Crippen molar-refractivity contribution in [3.05, 3.63) is 6.08 Å². The average Bonchev–Trinajstić information content (AvgIpc) is 1.87. The molecule has 0 spiro atoms. The molecule has 0 unspecified atom stereocenters. The highest BCUT2D eigenvalue weighted by Gasteiger charge is 2.11. The Balaban J connectivity index is 3.99. The predicted molar refractivity (Wildman–Crippen MR) is 51.2 cm³/mol. The Morgan fingerprint density at radius 3 is 2.45 bits per heavy atom. The van der Waals surface area contributed by atoms with Crippen molar-refractivity contribution < 1.29 is 0 Å². The number of aliphatic imine (C=N–C) groups is 1. The van der Waals surface area contributed by atoms with E-state index in [4.69, 9.17) is 0 Å². The van der Waals surface area contributed by atoms with Crippen molar-refractivity contribution in [2.24, 2.45) is 10.4 Å². The first-order valence-corrected chi connectivity index (χ1v) is 4.38. The zero-order valence-electron chi connectivity index (χ0n) is 8.15. The van der Waals surface area contributed by atoms with Gasteiger partial charge in [0.25, 0.3) is 0 Å². The molecule has 0 heterocycles. The van der Waals surface area contributed by atoms with Gasteiger partial charge in [0.1, 0.15) is 0 Å². The number of hydrogen-bond acceptors (Lipinski definition) is 1. The van der Waals surface area contributed by atoms with Crippen molar-refractivity contribution in [1.29, 1.82) is 0 Å². The van der Waals surface area contributed by atoms with E-state index in [9.17, 15) is 0 Å². The van der Waals surface area contributed by atoms with Gasteiger partial charge in [0.2, 0.25) is 0 Å². The summed E-state index contributed by atoms with van der Waals surface area (Å²) < 4.78 is 0. The molecule has 0 fully saturated rings. The van der Waals surface area contributed by atoms with Crippen molar-refractivity contribution in [2.75, 3.05) is 6.54 Å². The minimum absolute atomic E-state index is 0.271. The first kappa shape index (κ1) is 10.4. The molecule has 0 aromatic heterocycles. The number of nitrogens with zero attached hydrogens (tertiary/aromatic N) is 1. The van der Waals surface area contributed by atoms with Gasteiger partial charge in [-0.15, -0.1) is 0 Å². The maximum Gasteiger partial charge on any atom is 0.0455 e. The van der Waals surface area contributed by atoms with Gasteiger partial charge in [0.15, 0.2) is 0 Å². The van der Waals surface area contributed by atoms with Gasteiger partial charge in [-0.05, 0) is 30.7 Å². The molecule has 1 heteroatoms. The fourth-order valence-corrected chi connectivity index (χ4v) is 1.03. The molecule has 0 aromatic rings. The summed E-state index contributed by atoms with van der Waals surface area (Å²) in [5, 5.41) is 0. The molecule has 0 saturated carbocycles. The summed E-state index contributed by atoms with van der Waals surface area (Å²) in [6, 6.07) is 0. The van der Waals surface area contributed by atoms with Crippen LogP contribution in [0.3, 0.4) is 0 Å². The lowest BCUT2D eigenvalue weighted by molar-refractivity contribution is 0.435. The number of allylic oxidation sites excluding steroid dienone is 1. The summed E-state index contributed by atoms with van der Waals surface area (Å²) in [4.78, 5) is 4.03. The SMILES string of the molecule is CCCC(C)(C)C=C=NCC. The molecule has 64 valence electrons. The van der Waals surface area contributed by atoms with Crippen molar-refractivity contribution in [1.82, 2.24) is 0 Å². The maximum absolute atomic E-state index is 4.03. The van der Waals surface area contributed by atoms with Crippen LogP contribution in [-0.2, 0) is 0 Å². The smallest absolute Gasteiger partial charge is 0.0455 e. The Hall–Kier alpha value is -0.550. The third kappa shape index (κ3) is 5.87. The largest absolute Gasteiger partial charge is 0.244 e. The van der Waals surface area contributed by atoms with Gasteiger partial charge in [-0.25, -0.2) is 4.99 Å². The zero-order valence-corrected chi connectivity index (χ0v) is 8.15. The molecule has 0 rings (SSSR count). The molecule has 11 heavy (non-hydrogen) atoms. The van der Waals surface area contributed by atoms with Gasteiger partial charge in [-0.1, -0.05) is 27.2 Å². The molecule has 0 amide bonds. The third-order valence-electron chi connectivity index (χ3n) is 1.60. The zero-order chi connectivity index (χ0) is 8.74. The van der Waals surface area contributed by atoms with E-state index in [-0.39, 0.29) is 5.41 Å². The Morgan fingerprint density at radius 2 is 2.00 bits per heavy atom. The Kier molecular flexibility index (Phi) is 4.89. The highest BCUT2D eigenvalue weighted by molar-refractivity contribution is 5.52. The van der Waals surface area contributed by atoms with Gasteiger partial charge < -0.3 is 0 Å². The summed E-state index contributed by atoms with van der Waals surface area (Å²) in [5.74, 6) is 2.96. The molecule has 1 nitrogen and oxygen atoms in total. The Morgan fingerprint density at radius 1 is 1.36 bits per heavy atom. The summed E-state index contributed by atoms with van der Waals surface area (Å²) >= 11 is 0. The van der Waals surface area contributed by atoms with Crippen LogP contribution in [0.4, 0.5) is 0 Å². The van der Waals surface area contributed by atoms with E-state index >= 15 is 0 Å². The minimum Gasteiger partial charge on any atom is -0.244 e. The van der Waals surface area contributed by atoms with Crippen LogP contribution in [0.5, 0.6) is 0 Å². The van der Waals surface area contributed by atoms with E-state index in [0.717, 1.165) is 6.54 Å². The van der Waals surface area contributed by atoms with Crippen molar-refractivity contribution in [3.8, 4) is 0 Å². The average molecular weight is 153 g/mol. The van der Waals surface area contributed by atoms with Crippen LogP contribution in [0.1, 0.15) is 40.5 Å². The van der Waals surface area contributed by atoms with E-state index in [0.29, 0.717) is 0 Å². The molecule has 0 saturated heterocycles. The fourth-order valence-electron chi connectivity index (χ4n) is 1.03. The molecule has 0 aliphatic heterocycles. The second-order valence-corrected chi connectivity index (χ2v) is 3.49. The topological polar surface area (TPSA) is 12.4 Å². The van der Waals surface area contributed by atoms with Crippen LogP contribution in [0.25, 0.3) is 0 Å². The fraction of sp³-hybridized carbons (Fsp3) is 0.800. The summed E-state index contributed by atoms with van der Waals surface area (Å²) in [6.45, 7) is 9.49. The van der Waals surface area contributed by atoms with Crippen molar-refractivity contribution >= 4 is 5.87 Å². The summed E-state index contributed by atoms with van der Waals surface area (Å²) in [5.41, 5.74) is 0.271. The molecular formula is C10H19N. The van der Waals surface area contributed by atoms with Gasteiger partial charge in [0.05, 0.1) is 0 Å². The Labute approximate surface area is 70.2 Å². The first-order chi connectivity index (χ1) is 5.12. The standard InChI is InChI=1S/C10H19N/c1-5-7-10(3,4)8-9-11-6-2/h8H,5-7H2,1-4H3. The van der Waals surface area contributed by atoms with Crippen LogP contribution in [0.15, 0.2) is 11.1 Å². The van der Waals surface area contributed by atoms with Gasteiger partial charge in [-0.2, -0.15) is 0 Å². The lowest BCUT2D eigenvalue weighted by atomic mass is 9.88. The van der Waals surface area contributed by atoms with E-state index in [2.05, 4.69) is 37.7 Å². The van der Waals surface area contributed by atoms with Crippen LogP contribution < -0.4 is 0 Å². The molecular weight excluding hydrogens is 134 g/mol. The van der Waals surface area contributed by atoms with Crippen LogP contribution in [0.2, 0.25) is 0 Å². The second-order valence-electron chi connectivity index (χ2n) is 3.49. The van der Waals surface area contributed by atoms with E-state index < -0.39 is 0 Å². The van der Waals surface area contributed by atoms with Gasteiger partial charge >= 0.3 is 0 Å². The molecule has 0 aliphatic carbocycles. The predicted octanol–water partition coefficient (Wildman–Crippen LogP) is 3.06.